The van der Waals surface area contributed by atoms with Gasteiger partial charge in [-0.1, -0.05) is 12.5 Å². The molecule has 4 heteroatoms. The van der Waals surface area contributed by atoms with Crippen LogP contribution in [0.15, 0.2) is 18.2 Å². The SMILES string of the molecule is Cc1ccc2c(c1)nc(CCN)n2CCN1CCCCC1. The lowest BCUT2D eigenvalue weighted by atomic mass is 10.1. The predicted molar refractivity (Wildman–Crippen MR) is 87.5 cm³/mol. The number of imidazole rings is 1. The number of likely N-dealkylation sites (tertiary alicyclic amines) is 1. The average molecular weight is 286 g/mol. The lowest BCUT2D eigenvalue weighted by Gasteiger charge is -2.26. The number of aromatic nitrogens is 2. The van der Waals surface area contributed by atoms with Crippen molar-refractivity contribution in [3.05, 3.63) is 29.6 Å². The van der Waals surface area contributed by atoms with Crippen LogP contribution in [0.2, 0.25) is 0 Å². The molecular weight excluding hydrogens is 260 g/mol. The fourth-order valence-electron chi connectivity index (χ4n) is 3.28. The van der Waals surface area contributed by atoms with Crippen molar-refractivity contribution in [3.63, 3.8) is 0 Å². The molecule has 0 spiro atoms. The zero-order chi connectivity index (χ0) is 14.7. The summed E-state index contributed by atoms with van der Waals surface area (Å²) >= 11 is 0. The third-order valence-electron chi connectivity index (χ3n) is 4.44. The minimum Gasteiger partial charge on any atom is -0.330 e. The molecule has 1 fully saturated rings. The number of piperidine rings is 1. The van der Waals surface area contributed by atoms with Crippen LogP contribution in [0, 0.1) is 6.92 Å². The fraction of sp³-hybridized carbons (Fsp3) is 0.588. The molecule has 114 valence electrons. The first-order valence-corrected chi connectivity index (χ1v) is 8.16. The van der Waals surface area contributed by atoms with E-state index in [0.717, 1.165) is 30.9 Å². The maximum absolute atomic E-state index is 5.76. The third kappa shape index (κ3) is 3.27. The van der Waals surface area contributed by atoms with Crippen LogP contribution in [-0.4, -0.2) is 40.6 Å². The monoisotopic (exact) mass is 286 g/mol. The second-order valence-corrected chi connectivity index (χ2v) is 6.11. The van der Waals surface area contributed by atoms with Crippen LogP contribution in [0.1, 0.15) is 30.7 Å². The van der Waals surface area contributed by atoms with Gasteiger partial charge in [0.2, 0.25) is 0 Å². The van der Waals surface area contributed by atoms with Gasteiger partial charge in [-0.05, 0) is 57.1 Å². The van der Waals surface area contributed by atoms with Crippen molar-refractivity contribution in [3.8, 4) is 0 Å². The molecule has 0 aliphatic carbocycles. The van der Waals surface area contributed by atoms with E-state index < -0.39 is 0 Å². The quantitative estimate of drug-likeness (QED) is 0.917. The van der Waals surface area contributed by atoms with Gasteiger partial charge in [0.1, 0.15) is 5.82 Å². The van der Waals surface area contributed by atoms with E-state index in [1.807, 2.05) is 0 Å². The van der Waals surface area contributed by atoms with E-state index >= 15 is 0 Å². The van der Waals surface area contributed by atoms with Gasteiger partial charge in [-0.2, -0.15) is 0 Å². The molecule has 0 amide bonds. The van der Waals surface area contributed by atoms with Crippen molar-refractivity contribution in [1.29, 1.82) is 0 Å². The normalized spacial score (nSPS) is 16.7. The molecule has 1 aromatic heterocycles. The summed E-state index contributed by atoms with van der Waals surface area (Å²) in [4.78, 5) is 7.37. The summed E-state index contributed by atoms with van der Waals surface area (Å²) in [6.45, 7) is 7.42. The van der Waals surface area contributed by atoms with Crippen molar-refractivity contribution >= 4 is 11.0 Å². The first kappa shape index (κ1) is 14.5. The number of nitrogens with two attached hydrogens (primary N) is 1. The van der Waals surface area contributed by atoms with Crippen molar-refractivity contribution in [1.82, 2.24) is 14.5 Å². The second-order valence-electron chi connectivity index (χ2n) is 6.11. The van der Waals surface area contributed by atoms with Gasteiger partial charge in [0.15, 0.2) is 0 Å². The molecule has 4 nitrogen and oxygen atoms in total. The molecular formula is C17H26N4. The molecule has 0 unspecified atom stereocenters. The van der Waals surface area contributed by atoms with Gasteiger partial charge in [0, 0.05) is 19.5 Å². The molecule has 1 aromatic carbocycles. The van der Waals surface area contributed by atoms with Gasteiger partial charge >= 0.3 is 0 Å². The minimum atomic E-state index is 0.659. The summed E-state index contributed by atoms with van der Waals surface area (Å²) in [5, 5.41) is 0. The number of aryl methyl sites for hydroxylation is 1. The lowest BCUT2D eigenvalue weighted by Crippen LogP contribution is -2.32. The van der Waals surface area contributed by atoms with E-state index in [9.17, 15) is 0 Å². The summed E-state index contributed by atoms with van der Waals surface area (Å²) in [5.41, 5.74) is 9.38. The predicted octanol–water partition coefficient (Wildman–Crippen LogP) is 2.33. The highest BCUT2D eigenvalue weighted by Crippen LogP contribution is 2.19. The maximum Gasteiger partial charge on any atom is 0.111 e. The summed E-state index contributed by atoms with van der Waals surface area (Å²) < 4.78 is 2.37. The number of hydrogen-bond donors (Lipinski definition) is 1. The summed E-state index contributed by atoms with van der Waals surface area (Å²) in [7, 11) is 0. The Morgan fingerprint density at radius 1 is 1.14 bits per heavy atom. The van der Waals surface area contributed by atoms with Gasteiger partial charge in [-0.15, -0.1) is 0 Å². The van der Waals surface area contributed by atoms with E-state index in [4.69, 9.17) is 10.7 Å². The number of fused-ring (bicyclic) bond motifs is 1. The largest absolute Gasteiger partial charge is 0.330 e. The Labute approximate surface area is 126 Å². The van der Waals surface area contributed by atoms with E-state index in [-0.39, 0.29) is 0 Å². The van der Waals surface area contributed by atoms with Gasteiger partial charge in [0.05, 0.1) is 11.0 Å². The van der Waals surface area contributed by atoms with Gasteiger partial charge < -0.3 is 15.2 Å². The van der Waals surface area contributed by atoms with Crippen LogP contribution < -0.4 is 5.73 Å². The minimum absolute atomic E-state index is 0.659. The molecule has 1 saturated heterocycles. The highest BCUT2D eigenvalue weighted by Gasteiger charge is 2.13. The van der Waals surface area contributed by atoms with Crippen molar-refractivity contribution < 1.29 is 0 Å². The standard InChI is InChI=1S/C17H26N4/c1-14-5-6-16-15(13-14)19-17(7-8-18)21(16)12-11-20-9-3-2-4-10-20/h5-6,13H,2-4,7-12,18H2,1H3. The van der Waals surface area contributed by atoms with E-state index in [1.165, 1.54) is 43.4 Å². The summed E-state index contributed by atoms with van der Waals surface area (Å²) in [6, 6.07) is 6.55. The van der Waals surface area contributed by atoms with Gasteiger partial charge in [-0.25, -0.2) is 4.98 Å². The second kappa shape index (κ2) is 6.58. The van der Waals surface area contributed by atoms with Crippen LogP contribution >= 0.6 is 0 Å². The topological polar surface area (TPSA) is 47.1 Å². The van der Waals surface area contributed by atoms with Gasteiger partial charge in [0.25, 0.3) is 0 Å². The molecule has 2 aromatic rings. The molecule has 1 aliphatic rings. The number of nitrogens with zero attached hydrogens (tertiary/aromatic N) is 3. The first-order valence-electron chi connectivity index (χ1n) is 8.16. The molecule has 21 heavy (non-hydrogen) atoms. The van der Waals surface area contributed by atoms with Crippen molar-refractivity contribution in [2.75, 3.05) is 26.2 Å². The van der Waals surface area contributed by atoms with Crippen LogP contribution in [0.5, 0.6) is 0 Å². The smallest absolute Gasteiger partial charge is 0.111 e. The van der Waals surface area contributed by atoms with Crippen molar-refractivity contribution in [2.45, 2.75) is 39.2 Å². The first-order chi connectivity index (χ1) is 10.3. The number of benzene rings is 1. The highest BCUT2D eigenvalue weighted by atomic mass is 15.2. The molecule has 0 atom stereocenters. The molecule has 3 rings (SSSR count). The molecule has 0 bridgehead atoms. The zero-order valence-electron chi connectivity index (χ0n) is 13.0. The Balaban J connectivity index is 1.82. The number of rotatable bonds is 5. The van der Waals surface area contributed by atoms with E-state index in [1.54, 1.807) is 0 Å². The molecule has 2 N–H and O–H groups in total. The van der Waals surface area contributed by atoms with Crippen LogP contribution in [0.4, 0.5) is 0 Å². The summed E-state index contributed by atoms with van der Waals surface area (Å²) in [5.74, 6) is 1.13. The van der Waals surface area contributed by atoms with Crippen LogP contribution in [-0.2, 0) is 13.0 Å². The van der Waals surface area contributed by atoms with Crippen molar-refractivity contribution in [2.24, 2.45) is 5.73 Å². The Hall–Kier alpha value is -1.39. The molecule has 1 aliphatic heterocycles. The zero-order valence-corrected chi connectivity index (χ0v) is 13.0. The molecule has 0 radical (unpaired) electrons. The fourth-order valence-corrected chi connectivity index (χ4v) is 3.28. The average Bonchev–Trinajstić information content (AvgIpc) is 2.83. The van der Waals surface area contributed by atoms with Crippen LogP contribution in [0.3, 0.4) is 0 Å². The van der Waals surface area contributed by atoms with E-state index in [2.05, 4.69) is 34.6 Å². The van der Waals surface area contributed by atoms with Gasteiger partial charge in [-0.3, -0.25) is 0 Å². The maximum atomic E-state index is 5.76. The Bertz CT molecular complexity index is 596. The Kier molecular flexibility index (Phi) is 4.56. The Morgan fingerprint density at radius 3 is 2.71 bits per heavy atom. The Morgan fingerprint density at radius 2 is 1.95 bits per heavy atom. The number of hydrogen-bond acceptors (Lipinski definition) is 3. The molecule has 2 heterocycles. The van der Waals surface area contributed by atoms with Crippen LogP contribution in [0.25, 0.3) is 11.0 Å². The lowest BCUT2D eigenvalue weighted by molar-refractivity contribution is 0.221. The third-order valence-corrected chi connectivity index (χ3v) is 4.44. The van der Waals surface area contributed by atoms with E-state index in [0.29, 0.717) is 6.54 Å². The summed E-state index contributed by atoms with van der Waals surface area (Å²) in [6.07, 6.45) is 4.94. The molecule has 0 saturated carbocycles. The highest BCUT2D eigenvalue weighted by molar-refractivity contribution is 5.76.